The molecule has 1 fully saturated rings. The number of hydrogen-bond acceptors (Lipinski definition) is 7. The van der Waals surface area contributed by atoms with E-state index in [2.05, 4.69) is 0 Å². The fourth-order valence-corrected chi connectivity index (χ4v) is 2.12. The number of hydrogen-bond donors (Lipinski definition) is 5. The Balaban J connectivity index is 2.04. The van der Waals surface area contributed by atoms with Gasteiger partial charge in [-0.3, -0.25) is 0 Å². The molecule has 23 heavy (non-hydrogen) atoms. The van der Waals surface area contributed by atoms with Crippen LogP contribution in [0.2, 0.25) is 0 Å². The smallest absolute Gasteiger partial charge is 0.328 e. The summed E-state index contributed by atoms with van der Waals surface area (Å²) in [6, 6.07) is 6.25. The Bertz CT molecular complexity index is 553. The number of aliphatic hydroxyl groups excluding tert-OH is 4. The molecule has 5 atom stereocenters. The highest BCUT2D eigenvalue weighted by molar-refractivity contribution is 5.85. The van der Waals surface area contributed by atoms with E-state index in [1.807, 2.05) is 0 Å². The van der Waals surface area contributed by atoms with Gasteiger partial charge in [-0.25, -0.2) is 4.79 Å². The molecule has 5 N–H and O–H groups in total. The van der Waals surface area contributed by atoms with Crippen LogP contribution in [0.1, 0.15) is 5.56 Å². The first-order valence-corrected chi connectivity index (χ1v) is 6.90. The van der Waals surface area contributed by atoms with Crippen LogP contribution in [-0.4, -0.2) is 68.8 Å². The molecular formula is C15H18O8. The maximum absolute atomic E-state index is 10.4. The van der Waals surface area contributed by atoms with Crippen molar-refractivity contribution in [1.82, 2.24) is 0 Å². The lowest BCUT2D eigenvalue weighted by molar-refractivity contribution is -0.277. The molecule has 1 aromatic carbocycles. The van der Waals surface area contributed by atoms with Gasteiger partial charge in [0, 0.05) is 6.08 Å². The number of carbonyl (C=O) groups is 1. The Hall–Kier alpha value is -1.97. The predicted molar refractivity (Wildman–Crippen MR) is 77.5 cm³/mol. The standard InChI is InChI=1S/C15H18O8/c16-7-10-12(19)13(20)14(21)15(23-10)22-9-4-1-8(2-5-9)3-6-11(17)18/h1-6,10,12-16,19-21H,7H2,(H,17,18)/t10-,12-,13+,14-,15-/m0/s1. The van der Waals surface area contributed by atoms with Crippen LogP contribution in [0.3, 0.4) is 0 Å². The van der Waals surface area contributed by atoms with E-state index in [0.717, 1.165) is 6.08 Å². The summed E-state index contributed by atoms with van der Waals surface area (Å²) in [7, 11) is 0. The van der Waals surface area contributed by atoms with Crippen molar-refractivity contribution in [2.45, 2.75) is 30.7 Å². The van der Waals surface area contributed by atoms with Crippen molar-refractivity contribution < 1.29 is 39.8 Å². The predicted octanol–water partition coefficient (Wildman–Crippen LogP) is -1.04. The maximum Gasteiger partial charge on any atom is 0.328 e. The van der Waals surface area contributed by atoms with E-state index >= 15 is 0 Å². The molecule has 0 saturated carbocycles. The third kappa shape index (κ3) is 4.27. The third-order valence-electron chi connectivity index (χ3n) is 3.40. The van der Waals surface area contributed by atoms with Crippen LogP contribution < -0.4 is 4.74 Å². The van der Waals surface area contributed by atoms with Crippen LogP contribution in [0, 0.1) is 0 Å². The molecule has 0 amide bonds. The van der Waals surface area contributed by atoms with Crippen molar-refractivity contribution in [3.05, 3.63) is 35.9 Å². The lowest BCUT2D eigenvalue weighted by Crippen LogP contribution is -2.60. The molecule has 1 aliphatic rings. The molecule has 0 spiro atoms. The summed E-state index contributed by atoms with van der Waals surface area (Å²) in [5.41, 5.74) is 0.633. The zero-order chi connectivity index (χ0) is 17.0. The van der Waals surface area contributed by atoms with E-state index in [1.165, 1.54) is 18.2 Å². The van der Waals surface area contributed by atoms with Crippen molar-refractivity contribution >= 4 is 12.0 Å². The Kier molecular flexibility index (Phi) is 5.69. The molecule has 0 aliphatic carbocycles. The fourth-order valence-electron chi connectivity index (χ4n) is 2.12. The molecule has 1 aliphatic heterocycles. The number of ether oxygens (including phenoxy) is 2. The van der Waals surface area contributed by atoms with Gasteiger partial charge in [0.1, 0.15) is 30.2 Å². The molecule has 126 valence electrons. The largest absolute Gasteiger partial charge is 0.478 e. The highest BCUT2D eigenvalue weighted by Crippen LogP contribution is 2.24. The van der Waals surface area contributed by atoms with Gasteiger partial charge in [-0.05, 0) is 23.8 Å². The molecular weight excluding hydrogens is 308 g/mol. The molecule has 0 aromatic heterocycles. The highest BCUT2D eigenvalue weighted by atomic mass is 16.7. The van der Waals surface area contributed by atoms with Crippen LogP contribution in [0.4, 0.5) is 0 Å². The van der Waals surface area contributed by atoms with E-state index in [4.69, 9.17) is 19.7 Å². The number of benzene rings is 1. The van der Waals surface area contributed by atoms with Crippen LogP contribution in [0.5, 0.6) is 5.75 Å². The molecule has 8 heteroatoms. The first kappa shape index (κ1) is 17.4. The molecule has 1 saturated heterocycles. The van der Waals surface area contributed by atoms with Gasteiger partial charge in [0.25, 0.3) is 0 Å². The van der Waals surface area contributed by atoms with Gasteiger partial charge in [0.05, 0.1) is 6.61 Å². The summed E-state index contributed by atoms with van der Waals surface area (Å²) in [6.07, 6.45) is -4.35. The molecule has 0 unspecified atom stereocenters. The van der Waals surface area contributed by atoms with Gasteiger partial charge < -0.3 is 35.0 Å². The monoisotopic (exact) mass is 326 g/mol. The lowest BCUT2D eigenvalue weighted by Gasteiger charge is -2.39. The Labute approximate surface area is 131 Å². The summed E-state index contributed by atoms with van der Waals surface area (Å²) in [6.45, 7) is -0.538. The number of carboxylic acids is 1. The van der Waals surface area contributed by atoms with E-state index in [1.54, 1.807) is 12.1 Å². The molecule has 0 bridgehead atoms. The van der Waals surface area contributed by atoms with E-state index in [-0.39, 0.29) is 0 Å². The van der Waals surface area contributed by atoms with Gasteiger partial charge in [-0.2, -0.15) is 0 Å². The molecule has 0 radical (unpaired) electrons. The Morgan fingerprint density at radius 1 is 1.13 bits per heavy atom. The van der Waals surface area contributed by atoms with Gasteiger partial charge >= 0.3 is 5.97 Å². The van der Waals surface area contributed by atoms with Gasteiger partial charge in [0.2, 0.25) is 6.29 Å². The highest BCUT2D eigenvalue weighted by Gasteiger charge is 2.44. The first-order valence-electron chi connectivity index (χ1n) is 6.90. The second-order valence-corrected chi connectivity index (χ2v) is 5.06. The molecule has 1 heterocycles. The van der Waals surface area contributed by atoms with Crippen LogP contribution in [-0.2, 0) is 9.53 Å². The maximum atomic E-state index is 10.4. The number of aliphatic hydroxyl groups is 4. The van der Waals surface area contributed by atoms with Crippen molar-refractivity contribution in [1.29, 1.82) is 0 Å². The fraction of sp³-hybridized carbons (Fsp3) is 0.400. The van der Waals surface area contributed by atoms with E-state index in [0.29, 0.717) is 11.3 Å². The number of carboxylic acid groups (broad SMARTS) is 1. The zero-order valence-electron chi connectivity index (χ0n) is 12.0. The zero-order valence-corrected chi connectivity index (χ0v) is 12.0. The summed E-state index contributed by atoms with van der Waals surface area (Å²) in [4.78, 5) is 10.4. The Morgan fingerprint density at radius 2 is 1.78 bits per heavy atom. The quantitative estimate of drug-likeness (QED) is 0.433. The number of aliphatic carboxylic acids is 1. The normalized spacial score (nSPS) is 31.2. The van der Waals surface area contributed by atoms with E-state index < -0.39 is 43.3 Å². The van der Waals surface area contributed by atoms with Crippen molar-refractivity contribution in [3.8, 4) is 5.75 Å². The van der Waals surface area contributed by atoms with Crippen molar-refractivity contribution in [3.63, 3.8) is 0 Å². The van der Waals surface area contributed by atoms with Crippen molar-refractivity contribution in [2.75, 3.05) is 6.61 Å². The minimum Gasteiger partial charge on any atom is -0.478 e. The average molecular weight is 326 g/mol. The van der Waals surface area contributed by atoms with Crippen molar-refractivity contribution in [2.24, 2.45) is 0 Å². The molecule has 2 rings (SSSR count). The van der Waals surface area contributed by atoms with Crippen LogP contribution in [0.15, 0.2) is 30.3 Å². The number of rotatable bonds is 5. The minimum absolute atomic E-state index is 0.307. The SMILES string of the molecule is O=C(O)C=Cc1ccc(O[C@H]2O[C@@H](CO)[C@H](O)[C@@H](O)[C@@H]2O)cc1. The average Bonchev–Trinajstić information content (AvgIpc) is 2.54. The summed E-state index contributed by atoms with van der Waals surface area (Å²) in [5.74, 6) is -0.756. The summed E-state index contributed by atoms with van der Waals surface area (Å²) >= 11 is 0. The second-order valence-electron chi connectivity index (χ2n) is 5.06. The lowest BCUT2D eigenvalue weighted by atomic mass is 9.99. The van der Waals surface area contributed by atoms with Crippen LogP contribution >= 0.6 is 0 Å². The molecule has 8 nitrogen and oxygen atoms in total. The molecule has 1 aromatic rings. The topological polar surface area (TPSA) is 137 Å². The summed E-state index contributed by atoms with van der Waals surface area (Å²) in [5, 5.41) is 46.9. The van der Waals surface area contributed by atoms with Gasteiger partial charge in [-0.1, -0.05) is 12.1 Å². The van der Waals surface area contributed by atoms with Gasteiger partial charge in [-0.15, -0.1) is 0 Å². The van der Waals surface area contributed by atoms with Gasteiger partial charge in [0.15, 0.2) is 0 Å². The summed E-state index contributed by atoms with van der Waals surface area (Å²) < 4.78 is 10.6. The first-order chi connectivity index (χ1) is 10.9. The minimum atomic E-state index is -1.51. The van der Waals surface area contributed by atoms with E-state index in [9.17, 15) is 20.1 Å². The Morgan fingerprint density at radius 3 is 2.35 bits per heavy atom. The third-order valence-corrected chi connectivity index (χ3v) is 3.40. The second kappa shape index (κ2) is 7.53. The van der Waals surface area contributed by atoms with Crippen LogP contribution in [0.25, 0.3) is 6.08 Å².